The van der Waals surface area contributed by atoms with Gasteiger partial charge in [0.1, 0.15) is 6.04 Å². The van der Waals surface area contributed by atoms with Gasteiger partial charge < -0.3 is 9.84 Å². The van der Waals surface area contributed by atoms with E-state index in [1.807, 2.05) is 13.8 Å². The van der Waals surface area contributed by atoms with Gasteiger partial charge in [-0.3, -0.25) is 4.79 Å². The van der Waals surface area contributed by atoms with E-state index < -0.39 is 22.2 Å². The van der Waals surface area contributed by atoms with Crippen molar-refractivity contribution in [2.45, 2.75) is 19.9 Å². The Morgan fingerprint density at radius 2 is 2.24 bits per heavy atom. The number of morpholine rings is 1. The molecule has 7 nitrogen and oxygen atoms in total. The molecule has 0 amide bonds. The Labute approximate surface area is 101 Å². The van der Waals surface area contributed by atoms with Gasteiger partial charge in [-0.05, 0) is 5.92 Å². The number of hydrogen-bond donors (Lipinski definition) is 2. The van der Waals surface area contributed by atoms with Gasteiger partial charge in [-0.15, -0.1) is 0 Å². The zero-order valence-corrected chi connectivity index (χ0v) is 10.7. The lowest BCUT2D eigenvalue weighted by molar-refractivity contribution is -0.146. The van der Waals surface area contributed by atoms with Crippen LogP contribution in [0.15, 0.2) is 0 Å². The van der Waals surface area contributed by atoms with Crippen LogP contribution < -0.4 is 4.72 Å². The Morgan fingerprint density at radius 1 is 1.59 bits per heavy atom. The van der Waals surface area contributed by atoms with E-state index in [0.29, 0.717) is 0 Å². The highest BCUT2D eigenvalue weighted by molar-refractivity contribution is 7.87. The number of nitrogens with one attached hydrogen (secondary N) is 1. The van der Waals surface area contributed by atoms with Gasteiger partial charge in [0.05, 0.1) is 13.2 Å². The molecule has 1 heterocycles. The van der Waals surface area contributed by atoms with Gasteiger partial charge in [-0.25, -0.2) is 4.72 Å². The average Bonchev–Trinajstić information content (AvgIpc) is 2.26. The van der Waals surface area contributed by atoms with E-state index in [2.05, 4.69) is 4.72 Å². The molecule has 1 rings (SSSR count). The summed E-state index contributed by atoms with van der Waals surface area (Å²) in [6, 6.07) is -1.14. The second-order valence-electron chi connectivity index (χ2n) is 4.29. The number of carbonyl (C=O) groups is 1. The van der Waals surface area contributed by atoms with Crippen LogP contribution in [0.5, 0.6) is 0 Å². The monoisotopic (exact) mass is 266 g/mol. The highest BCUT2D eigenvalue weighted by atomic mass is 32.2. The molecule has 0 saturated carbocycles. The van der Waals surface area contributed by atoms with Crippen molar-refractivity contribution in [3.05, 3.63) is 0 Å². The molecular formula is C9H18N2O5S. The van der Waals surface area contributed by atoms with E-state index in [4.69, 9.17) is 9.84 Å². The smallest absolute Gasteiger partial charge is 0.324 e. The lowest BCUT2D eigenvalue weighted by Gasteiger charge is -2.31. The first-order chi connectivity index (χ1) is 7.84. The van der Waals surface area contributed by atoms with Crippen LogP contribution in [0.2, 0.25) is 0 Å². The molecule has 1 unspecified atom stereocenters. The van der Waals surface area contributed by atoms with Gasteiger partial charge in [0, 0.05) is 13.1 Å². The predicted octanol–water partition coefficient (Wildman–Crippen LogP) is -0.738. The molecule has 0 radical (unpaired) electrons. The van der Waals surface area contributed by atoms with Gasteiger partial charge in [0.25, 0.3) is 10.2 Å². The molecule has 1 saturated heterocycles. The zero-order chi connectivity index (χ0) is 13.1. The number of carboxylic acids is 1. The minimum Gasteiger partial charge on any atom is -0.480 e. The highest BCUT2D eigenvalue weighted by Crippen LogP contribution is 2.11. The summed E-state index contributed by atoms with van der Waals surface area (Å²) in [5, 5.41) is 8.94. The summed E-state index contributed by atoms with van der Waals surface area (Å²) in [5.41, 5.74) is 0. The van der Waals surface area contributed by atoms with Crippen molar-refractivity contribution < 1.29 is 23.1 Å². The van der Waals surface area contributed by atoms with Crippen LogP contribution in [0, 0.1) is 5.92 Å². The molecule has 1 aliphatic rings. The number of nitrogens with zero attached hydrogens (tertiary/aromatic N) is 1. The summed E-state index contributed by atoms with van der Waals surface area (Å²) < 4.78 is 32.1. The Kier molecular flexibility index (Phi) is 4.87. The Hall–Kier alpha value is -0.700. The fraction of sp³-hybridized carbons (Fsp3) is 0.889. The van der Waals surface area contributed by atoms with E-state index >= 15 is 0 Å². The second-order valence-corrected chi connectivity index (χ2v) is 5.99. The molecule has 1 aliphatic heterocycles. The SMILES string of the molecule is CC(C)CNS(=O)(=O)N1CCOCC1C(=O)O. The number of rotatable bonds is 5. The highest BCUT2D eigenvalue weighted by Gasteiger charge is 2.37. The molecule has 1 atom stereocenters. The minimum atomic E-state index is -3.75. The topological polar surface area (TPSA) is 95.9 Å². The van der Waals surface area contributed by atoms with Crippen molar-refractivity contribution >= 4 is 16.2 Å². The van der Waals surface area contributed by atoms with E-state index in [0.717, 1.165) is 4.31 Å². The number of carboxylic acid groups (broad SMARTS) is 1. The summed E-state index contributed by atoms with van der Waals surface area (Å²) >= 11 is 0. The summed E-state index contributed by atoms with van der Waals surface area (Å²) in [5.74, 6) is -1.03. The van der Waals surface area contributed by atoms with Gasteiger partial charge in [-0.2, -0.15) is 12.7 Å². The first kappa shape index (κ1) is 14.4. The molecule has 0 spiro atoms. The molecule has 2 N–H and O–H groups in total. The molecule has 0 aromatic carbocycles. The molecule has 0 aromatic rings. The van der Waals surface area contributed by atoms with Crippen LogP contribution in [0.3, 0.4) is 0 Å². The molecule has 0 aliphatic carbocycles. The first-order valence-corrected chi connectivity index (χ1v) is 6.85. The third-order valence-corrected chi connectivity index (χ3v) is 3.93. The van der Waals surface area contributed by atoms with E-state index in [1.165, 1.54) is 0 Å². The van der Waals surface area contributed by atoms with Crippen molar-refractivity contribution in [1.82, 2.24) is 9.03 Å². The fourth-order valence-electron chi connectivity index (χ4n) is 1.43. The number of hydrogen-bond acceptors (Lipinski definition) is 4. The maximum absolute atomic E-state index is 11.9. The average molecular weight is 266 g/mol. The van der Waals surface area contributed by atoms with Crippen LogP contribution in [0.1, 0.15) is 13.8 Å². The maximum atomic E-state index is 11.9. The molecule has 1 fully saturated rings. The predicted molar refractivity (Wildman–Crippen MR) is 60.7 cm³/mol. The molecule has 100 valence electrons. The van der Waals surface area contributed by atoms with Crippen LogP contribution in [-0.4, -0.2) is 56.1 Å². The summed E-state index contributed by atoms with van der Waals surface area (Å²) in [6.45, 7) is 4.19. The summed E-state index contributed by atoms with van der Waals surface area (Å²) in [4.78, 5) is 10.9. The molecule has 8 heteroatoms. The van der Waals surface area contributed by atoms with Crippen LogP contribution in [0.25, 0.3) is 0 Å². The summed E-state index contributed by atoms with van der Waals surface area (Å²) in [7, 11) is -3.75. The van der Waals surface area contributed by atoms with E-state index in [-0.39, 0.29) is 32.2 Å². The lowest BCUT2D eigenvalue weighted by Crippen LogP contribution is -2.56. The van der Waals surface area contributed by atoms with Crippen LogP contribution in [-0.2, 0) is 19.7 Å². The third-order valence-electron chi connectivity index (χ3n) is 2.35. The van der Waals surface area contributed by atoms with Crippen LogP contribution in [0.4, 0.5) is 0 Å². The largest absolute Gasteiger partial charge is 0.480 e. The lowest BCUT2D eigenvalue weighted by atomic mass is 10.2. The quantitative estimate of drug-likeness (QED) is 0.683. The minimum absolute atomic E-state index is 0.0599. The van der Waals surface area contributed by atoms with Gasteiger partial charge in [0.2, 0.25) is 0 Å². The van der Waals surface area contributed by atoms with Gasteiger partial charge >= 0.3 is 5.97 Å². The molecule has 17 heavy (non-hydrogen) atoms. The van der Waals surface area contributed by atoms with Crippen LogP contribution >= 0.6 is 0 Å². The van der Waals surface area contributed by atoms with Gasteiger partial charge in [-0.1, -0.05) is 13.8 Å². The standard InChI is InChI=1S/C9H18N2O5S/c1-7(2)5-10-17(14,15)11-3-4-16-6-8(11)9(12)13/h7-8,10H,3-6H2,1-2H3,(H,12,13). The molecule has 0 bridgehead atoms. The fourth-order valence-corrected chi connectivity index (χ4v) is 2.94. The van der Waals surface area contributed by atoms with Crippen molar-refractivity contribution in [3.63, 3.8) is 0 Å². The van der Waals surface area contributed by atoms with Gasteiger partial charge in [0.15, 0.2) is 0 Å². The third kappa shape index (κ3) is 3.91. The van der Waals surface area contributed by atoms with E-state index in [9.17, 15) is 13.2 Å². The normalized spacial score (nSPS) is 22.9. The van der Waals surface area contributed by atoms with Crippen molar-refractivity contribution in [1.29, 1.82) is 0 Å². The van der Waals surface area contributed by atoms with Crippen molar-refractivity contribution in [2.24, 2.45) is 5.92 Å². The Bertz CT molecular complexity index is 368. The van der Waals surface area contributed by atoms with Crippen molar-refractivity contribution in [2.75, 3.05) is 26.3 Å². The summed E-state index contributed by atoms with van der Waals surface area (Å²) in [6.07, 6.45) is 0. The second kappa shape index (κ2) is 5.76. The Balaban J connectivity index is 2.76. The molecule has 0 aromatic heterocycles. The van der Waals surface area contributed by atoms with Crippen molar-refractivity contribution in [3.8, 4) is 0 Å². The number of ether oxygens (including phenoxy) is 1. The first-order valence-electron chi connectivity index (χ1n) is 5.41. The van der Waals surface area contributed by atoms with E-state index in [1.54, 1.807) is 0 Å². The maximum Gasteiger partial charge on any atom is 0.324 e. The Morgan fingerprint density at radius 3 is 2.76 bits per heavy atom. The molecular weight excluding hydrogens is 248 g/mol. The zero-order valence-electron chi connectivity index (χ0n) is 9.92. The number of aliphatic carboxylic acids is 1.